The minimum absolute atomic E-state index is 0.419. The van der Waals surface area contributed by atoms with Crippen LogP contribution in [0, 0.1) is 0 Å². The predicted molar refractivity (Wildman–Crippen MR) is 70.5 cm³/mol. The lowest BCUT2D eigenvalue weighted by atomic mass is 10.0. The number of nitrogens with one attached hydrogen (secondary N) is 1. The van der Waals surface area contributed by atoms with E-state index in [-0.39, 0.29) is 0 Å². The molecule has 0 spiro atoms. The van der Waals surface area contributed by atoms with Crippen LogP contribution in [-0.2, 0) is 6.54 Å². The number of rotatable bonds is 3. The van der Waals surface area contributed by atoms with E-state index >= 15 is 0 Å². The zero-order valence-corrected chi connectivity index (χ0v) is 10.4. The molecular weight excluding hydrogens is 230 g/mol. The van der Waals surface area contributed by atoms with Gasteiger partial charge in [-0.1, -0.05) is 24.3 Å². The fourth-order valence-corrected chi connectivity index (χ4v) is 2.85. The molecule has 3 rings (SSSR count). The van der Waals surface area contributed by atoms with Crippen molar-refractivity contribution in [1.82, 2.24) is 5.32 Å². The van der Waals surface area contributed by atoms with Crippen LogP contribution in [0.5, 0.6) is 5.75 Å². The Balaban J connectivity index is 1.72. The van der Waals surface area contributed by atoms with Gasteiger partial charge in [0.2, 0.25) is 0 Å². The first-order chi connectivity index (χ1) is 8.43. The Hall–Kier alpha value is -1.32. The molecule has 2 nitrogen and oxygen atoms in total. The van der Waals surface area contributed by atoms with E-state index in [0.29, 0.717) is 6.04 Å². The largest absolute Gasteiger partial charge is 0.493 e. The molecule has 3 heteroatoms. The monoisotopic (exact) mass is 245 g/mol. The summed E-state index contributed by atoms with van der Waals surface area (Å²) in [6.07, 6.45) is 1.04. The molecule has 0 saturated carbocycles. The van der Waals surface area contributed by atoms with Gasteiger partial charge in [-0.25, -0.2) is 0 Å². The van der Waals surface area contributed by atoms with Crippen molar-refractivity contribution in [2.75, 3.05) is 6.61 Å². The summed E-state index contributed by atoms with van der Waals surface area (Å²) in [5.41, 5.74) is 1.29. The van der Waals surface area contributed by atoms with Crippen LogP contribution in [0.4, 0.5) is 0 Å². The van der Waals surface area contributed by atoms with E-state index in [4.69, 9.17) is 4.74 Å². The molecule has 0 aliphatic carbocycles. The second kappa shape index (κ2) is 4.90. The molecule has 88 valence electrons. The highest BCUT2D eigenvalue weighted by molar-refractivity contribution is 7.09. The van der Waals surface area contributed by atoms with E-state index in [2.05, 4.69) is 35.0 Å². The van der Waals surface area contributed by atoms with Crippen molar-refractivity contribution in [2.45, 2.75) is 19.0 Å². The van der Waals surface area contributed by atoms with E-state index in [0.717, 1.165) is 25.3 Å². The van der Waals surface area contributed by atoms with Crippen LogP contribution in [0.25, 0.3) is 0 Å². The maximum Gasteiger partial charge on any atom is 0.124 e. The molecule has 1 N–H and O–H groups in total. The minimum Gasteiger partial charge on any atom is -0.493 e. The maximum atomic E-state index is 5.65. The standard InChI is InChI=1S/C14H15NOS/c1-2-6-14-12(5-1)13(7-8-16-14)15-10-11-4-3-9-17-11/h1-6,9,13,15H,7-8,10H2. The molecule has 0 amide bonds. The molecule has 0 fully saturated rings. The predicted octanol–water partition coefficient (Wildman–Crippen LogP) is 3.36. The lowest BCUT2D eigenvalue weighted by Crippen LogP contribution is -2.26. The fraction of sp³-hybridized carbons (Fsp3) is 0.286. The highest BCUT2D eigenvalue weighted by Gasteiger charge is 2.20. The Bertz CT molecular complexity index is 481. The molecule has 1 aliphatic rings. The third kappa shape index (κ3) is 2.35. The summed E-state index contributed by atoms with van der Waals surface area (Å²) in [6.45, 7) is 1.75. The molecule has 17 heavy (non-hydrogen) atoms. The SMILES string of the molecule is c1csc(CNC2CCOc3ccccc32)c1. The molecule has 1 atom stereocenters. The number of fused-ring (bicyclic) bond motifs is 1. The van der Waals surface area contributed by atoms with E-state index in [1.54, 1.807) is 11.3 Å². The van der Waals surface area contributed by atoms with Crippen molar-refractivity contribution < 1.29 is 4.74 Å². The zero-order valence-electron chi connectivity index (χ0n) is 9.56. The van der Waals surface area contributed by atoms with Crippen LogP contribution < -0.4 is 10.1 Å². The van der Waals surface area contributed by atoms with E-state index in [1.165, 1.54) is 10.4 Å². The minimum atomic E-state index is 0.419. The van der Waals surface area contributed by atoms with Crippen LogP contribution in [-0.4, -0.2) is 6.61 Å². The van der Waals surface area contributed by atoms with Gasteiger partial charge in [-0.2, -0.15) is 0 Å². The number of hydrogen-bond acceptors (Lipinski definition) is 3. The van der Waals surface area contributed by atoms with Crippen molar-refractivity contribution in [3.05, 3.63) is 52.2 Å². The average molecular weight is 245 g/mol. The second-order valence-corrected chi connectivity index (χ2v) is 5.22. The first-order valence-corrected chi connectivity index (χ1v) is 6.79. The first-order valence-electron chi connectivity index (χ1n) is 5.91. The molecule has 0 bridgehead atoms. The van der Waals surface area contributed by atoms with E-state index < -0.39 is 0 Å². The molecule has 1 unspecified atom stereocenters. The number of para-hydroxylation sites is 1. The molecule has 2 heterocycles. The van der Waals surface area contributed by atoms with Crippen LogP contribution in [0.2, 0.25) is 0 Å². The quantitative estimate of drug-likeness (QED) is 0.895. The molecule has 2 aromatic rings. The fourth-order valence-electron chi connectivity index (χ4n) is 2.19. The summed E-state index contributed by atoms with van der Waals surface area (Å²) < 4.78 is 5.65. The normalized spacial score (nSPS) is 18.5. The smallest absolute Gasteiger partial charge is 0.124 e. The van der Waals surface area contributed by atoms with Crippen molar-refractivity contribution >= 4 is 11.3 Å². The highest BCUT2D eigenvalue weighted by atomic mass is 32.1. The number of benzene rings is 1. The average Bonchev–Trinajstić information content (AvgIpc) is 2.89. The van der Waals surface area contributed by atoms with Crippen LogP contribution >= 0.6 is 11.3 Å². The Morgan fingerprint density at radius 2 is 2.18 bits per heavy atom. The Labute approximate surface area is 105 Å². The highest BCUT2D eigenvalue weighted by Crippen LogP contribution is 2.31. The van der Waals surface area contributed by atoms with Gasteiger partial charge in [-0.3, -0.25) is 0 Å². The molecule has 0 saturated heterocycles. The van der Waals surface area contributed by atoms with Crippen molar-refractivity contribution in [3.63, 3.8) is 0 Å². The molecular formula is C14H15NOS. The van der Waals surface area contributed by atoms with Crippen molar-refractivity contribution in [1.29, 1.82) is 0 Å². The molecule has 1 aliphatic heterocycles. The summed E-state index contributed by atoms with van der Waals surface area (Å²) in [4.78, 5) is 1.38. The van der Waals surface area contributed by atoms with Gasteiger partial charge in [0, 0.05) is 29.4 Å². The Morgan fingerprint density at radius 3 is 3.06 bits per heavy atom. The zero-order chi connectivity index (χ0) is 11.5. The topological polar surface area (TPSA) is 21.3 Å². The number of ether oxygens (including phenoxy) is 1. The third-order valence-electron chi connectivity index (χ3n) is 3.06. The molecule has 1 aromatic carbocycles. The van der Waals surface area contributed by atoms with Gasteiger partial charge in [0.15, 0.2) is 0 Å². The van der Waals surface area contributed by atoms with E-state index in [9.17, 15) is 0 Å². The maximum absolute atomic E-state index is 5.65. The lowest BCUT2D eigenvalue weighted by molar-refractivity contribution is 0.252. The number of thiophene rings is 1. The van der Waals surface area contributed by atoms with Gasteiger partial charge in [0.1, 0.15) is 5.75 Å². The van der Waals surface area contributed by atoms with Crippen LogP contribution in [0.15, 0.2) is 41.8 Å². The van der Waals surface area contributed by atoms with Gasteiger partial charge in [-0.15, -0.1) is 11.3 Å². The molecule has 1 aromatic heterocycles. The summed E-state index contributed by atoms with van der Waals surface area (Å²) >= 11 is 1.80. The van der Waals surface area contributed by atoms with Crippen LogP contribution in [0.1, 0.15) is 22.9 Å². The summed E-state index contributed by atoms with van der Waals surface area (Å²) in [5.74, 6) is 1.03. The Kier molecular flexibility index (Phi) is 3.12. The van der Waals surface area contributed by atoms with E-state index in [1.807, 2.05) is 12.1 Å². The number of hydrogen-bond donors (Lipinski definition) is 1. The summed E-state index contributed by atoms with van der Waals surface area (Å²) in [6, 6.07) is 13.0. The molecule has 0 radical (unpaired) electrons. The van der Waals surface area contributed by atoms with Gasteiger partial charge >= 0.3 is 0 Å². The van der Waals surface area contributed by atoms with Crippen molar-refractivity contribution in [2.24, 2.45) is 0 Å². The summed E-state index contributed by atoms with van der Waals surface area (Å²) in [7, 11) is 0. The van der Waals surface area contributed by atoms with Gasteiger partial charge < -0.3 is 10.1 Å². The second-order valence-electron chi connectivity index (χ2n) is 4.19. The van der Waals surface area contributed by atoms with Crippen molar-refractivity contribution in [3.8, 4) is 5.75 Å². The first kappa shape index (κ1) is 10.8. The van der Waals surface area contributed by atoms with Gasteiger partial charge in [0.05, 0.1) is 6.61 Å². The lowest BCUT2D eigenvalue weighted by Gasteiger charge is -2.26. The summed E-state index contributed by atoms with van der Waals surface area (Å²) in [5, 5.41) is 5.73. The Morgan fingerprint density at radius 1 is 1.24 bits per heavy atom. The van der Waals surface area contributed by atoms with Crippen LogP contribution in [0.3, 0.4) is 0 Å². The van der Waals surface area contributed by atoms with Gasteiger partial charge in [-0.05, 0) is 17.5 Å². The third-order valence-corrected chi connectivity index (χ3v) is 3.94. The van der Waals surface area contributed by atoms with Gasteiger partial charge in [0.25, 0.3) is 0 Å².